The molecule has 220 valence electrons. The summed E-state index contributed by atoms with van der Waals surface area (Å²) in [5, 5.41) is 3.61. The minimum atomic E-state index is -3.59. The van der Waals surface area contributed by atoms with Crippen molar-refractivity contribution in [3.63, 3.8) is 0 Å². The van der Waals surface area contributed by atoms with Gasteiger partial charge in [-0.25, -0.2) is 8.42 Å². The number of benzene rings is 3. The lowest BCUT2D eigenvalue weighted by Gasteiger charge is -2.32. The van der Waals surface area contributed by atoms with Crippen molar-refractivity contribution in [2.24, 2.45) is 0 Å². The lowest BCUT2D eigenvalue weighted by Crippen LogP contribution is -2.50. The number of nitrogens with one attached hydrogen (secondary N) is 1. The number of hydrogen-bond acceptors (Lipinski definition) is 4. The van der Waals surface area contributed by atoms with Crippen LogP contribution in [0.25, 0.3) is 0 Å². The molecule has 0 saturated heterocycles. The quantitative estimate of drug-likeness (QED) is 0.257. The summed E-state index contributed by atoms with van der Waals surface area (Å²) in [6.45, 7) is 6.33. The van der Waals surface area contributed by atoms with Gasteiger partial charge in [0.05, 0.1) is 22.0 Å². The van der Waals surface area contributed by atoms with E-state index in [1.54, 1.807) is 23.1 Å². The van der Waals surface area contributed by atoms with E-state index in [4.69, 9.17) is 23.2 Å². The molecule has 0 heterocycles. The van der Waals surface area contributed by atoms with Crippen LogP contribution in [0.4, 0.5) is 5.69 Å². The normalized spacial score (nSPS) is 12.0. The maximum absolute atomic E-state index is 13.8. The first-order valence-electron chi connectivity index (χ1n) is 13.5. The summed E-state index contributed by atoms with van der Waals surface area (Å²) < 4.78 is 26.7. The molecule has 1 N–H and O–H groups in total. The molecule has 41 heavy (non-hydrogen) atoms. The summed E-state index contributed by atoms with van der Waals surface area (Å²) in [6, 6.07) is 19.5. The molecule has 1 atom stereocenters. The minimum Gasteiger partial charge on any atom is -0.355 e. The summed E-state index contributed by atoms with van der Waals surface area (Å²) in [5.74, 6) is -0.533. The third kappa shape index (κ3) is 9.48. The van der Waals surface area contributed by atoms with Crippen molar-refractivity contribution in [2.75, 3.05) is 23.7 Å². The van der Waals surface area contributed by atoms with E-state index in [1.165, 1.54) is 4.31 Å². The van der Waals surface area contributed by atoms with E-state index in [1.807, 2.05) is 69.3 Å². The molecule has 0 fully saturated rings. The first-order chi connectivity index (χ1) is 19.4. The molecule has 0 spiro atoms. The number of anilines is 1. The Morgan fingerprint density at radius 2 is 1.56 bits per heavy atom. The van der Waals surface area contributed by atoms with Gasteiger partial charge in [-0.2, -0.15) is 0 Å². The fourth-order valence-electron chi connectivity index (χ4n) is 4.78. The summed E-state index contributed by atoms with van der Waals surface area (Å²) >= 11 is 12.4. The van der Waals surface area contributed by atoms with Crippen LogP contribution in [0.2, 0.25) is 10.0 Å². The molecule has 7 nitrogen and oxygen atoms in total. The highest BCUT2D eigenvalue weighted by molar-refractivity contribution is 7.92. The number of rotatable bonds is 13. The molecule has 0 aromatic heterocycles. The number of sulfonamides is 1. The van der Waals surface area contributed by atoms with Crippen LogP contribution in [0, 0.1) is 13.8 Å². The molecule has 0 aliphatic carbocycles. The lowest BCUT2D eigenvalue weighted by atomic mass is 10.0. The third-order valence-electron chi connectivity index (χ3n) is 6.61. The molecule has 0 unspecified atom stereocenters. The number of hydrogen-bond donors (Lipinski definition) is 1. The standard InChI is InChI=1S/C31H37Cl2N3O4S/c1-5-34-31(38)29(20-24-10-7-6-8-11-24)35(21-25-13-14-27(32)28(33)19-25)30(37)12-9-15-36(41(4,39)40)26-17-22(2)16-23(3)18-26/h6-8,10-11,13-14,16-19,29H,5,9,12,15,20-21H2,1-4H3,(H,34,38)/t29-/m0/s1. The van der Waals surface area contributed by atoms with E-state index in [9.17, 15) is 18.0 Å². The fraction of sp³-hybridized carbons (Fsp3) is 0.355. The van der Waals surface area contributed by atoms with E-state index < -0.39 is 16.1 Å². The van der Waals surface area contributed by atoms with Crippen LogP contribution in [-0.4, -0.2) is 50.5 Å². The molecular formula is C31H37Cl2N3O4S. The van der Waals surface area contributed by atoms with E-state index in [0.29, 0.717) is 28.7 Å². The molecule has 3 aromatic rings. The highest BCUT2D eigenvalue weighted by Gasteiger charge is 2.30. The zero-order valence-electron chi connectivity index (χ0n) is 23.9. The SMILES string of the molecule is CCNC(=O)[C@H](Cc1ccccc1)N(Cc1ccc(Cl)c(Cl)c1)C(=O)CCCN(c1cc(C)cc(C)c1)S(C)(=O)=O. The van der Waals surface area contributed by atoms with Crippen molar-refractivity contribution in [2.45, 2.75) is 52.6 Å². The summed E-state index contributed by atoms with van der Waals surface area (Å²) in [7, 11) is -3.59. The topological polar surface area (TPSA) is 86.8 Å². The molecule has 0 bridgehead atoms. The van der Waals surface area contributed by atoms with Crippen LogP contribution in [-0.2, 0) is 32.6 Å². The molecule has 0 saturated carbocycles. The van der Waals surface area contributed by atoms with Gasteiger partial charge in [0, 0.05) is 32.5 Å². The fourth-order valence-corrected chi connectivity index (χ4v) is 6.05. The van der Waals surface area contributed by atoms with Gasteiger partial charge in [0.2, 0.25) is 21.8 Å². The Kier molecular flexibility index (Phi) is 11.6. The van der Waals surface area contributed by atoms with Gasteiger partial charge in [0.25, 0.3) is 0 Å². The predicted octanol–water partition coefficient (Wildman–Crippen LogP) is 5.93. The number of halogens is 2. The smallest absolute Gasteiger partial charge is 0.243 e. The van der Waals surface area contributed by atoms with Crippen LogP contribution in [0.3, 0.4) is 0 Å². The van der Waals surface area contributed by atoms with Crippen molar-refractivity contribution in [1.82, 2.24) is 10.2 Å². The van der Waals surface area contributed by atoms with Crippen LogP contribution in [0.5, 0.6) is 0 Å². The van der Waals surface area contributed by atoms with Crippen LogP contribution in [0.1, 0.15) is 42.0 Å². The Morgan fingerprint density at radius 3 is 2.15 bits per heavy atom. The number of likely N-dealkylation sites (N-methyl/N-ethyl adjacent to an activating group) is 1. The highest BCUT2D eigenvalue weighted by Crippen LogP contribution is 2.25. The molecule has 10 heteroatoms. The summed E-state index contributed by atoms with van der Waals surface area (Å²) in [6.07, 6.45) is 1.79. The van der Waals surface area contributed by atoms with E-state index >= 15 is 0 Å². The second-order valence-corrected chi connectivity index (χ2v) is 12.9. The summed E-state index contributed by atoms with van der Waals surface area (Å²) in [5.41, 5.74) is 4.10. The Balaban J connectivity index is 1.89. The Bertz CT molecular complexity index is 1450. The van der Waals surface area contributed by atoms with Crippen molar-refractivity contribution >= 4 is 50.7 Å². The maximum atomic E-state index is 13.8. The minimum absolute atomic E-state index is 0.0445. The van der Waals surface area contributed by atoms with Gasteiger partial charge in [0.1, 0.15) is 6.04 Å². The number of carbonyl (C=O) groups is 2. The first-order valence-corrected chi connectivity index (χ1v) is 16.1. The van der Waals surface area contributed by atoms with Gasteiger partial charge in [-0.15, -0.1) is 0 Å². The summed E-state index contributed by atoms with van der Waals surface area (Å²) in [4.78, 5) is 28.7. The average molecular weight is 619 g/mol. The van der Waals surface area contributed by atoms with E-state index in [0.717, 1.165) is 28.5 Å². The predicted molar refractivity (Wildman–Crippen MR) is 167 cm³/mol. The second kappa shape index (κ2) is 14.7. The largest absolute Gasteiger partial charge is 0.355 e. The molecule has 3 aromatic carbocycles. The van der Waals surface area contributed by atoms with Crippen LogP contribution in [0.15, 0.2) is 66.7 Å². The van der Waals surface area contributed by atoms with Gasteiger partial charge < -0.3 is 10.2 Å². The monoisotopic (exact) mass is 617 g/mol. The molecule has 0 aliphatic heterocycles. The Morgan fingerprint density at radius 1 is 0.902 bits per heavy atom. The Labute approximate surface area is 253 Å². The van der Waals surface area contributed by atoms with Gasteiger partial charge in [-0.1, -0.05) is 65.7 Å². The second-order valence-electron chi connectivity index (χ2n) is 10.2. The van der Waals surface area contributed by atoms with Gasteiger partial charge >= 0.3 is 0 Å². The number of aryl methyl sites for hydroxylation is 2. The number of carbonyl (C=O) groups excluding carboxylic acids is 2. The van der Waals surface area contributed by atoms with E-state index in [2.05, 4.69) is 5.32 Å². The molecule has 0 aliphatic rings. The average Bonchev–Trinajstić information content (AvgIpc) is 2.90. The van der Waals surface area contributed by atoms with Gasteiger partial charge in [-0.05, 0) is 73.7 Å². The van der Waals surface area contributed by atoms with Gasteiger partial charge in [0.15, 0.2) is 0 Å². The zero-order valence-corrected chi connectivity index (χ0v) is 26.2. The zero-order chi connectivity index (χ0) is 30.2. The van der Waals surface area contributed by atoms with Gasteiger partial charge in [-0.3, -0.25) is 13.9 Å². The maximum Gasteiger partial charge on any atom is 0.243 e. The number of nitrogens with zero attached hydrogens (tertiary/aromatic N) is 2. The number of amides is 2. The molecule has 0 radical (unpaired) electrons. The van der Waals surface area contributed by atoms with Crippen LogP contribution < -0.4 is 9.62 Å². The van der Waals surface area contributed by atoms with Crippen molar-refractivity contribution in [1.29, 1.82) is 0 Å². The first kappa shape index (κ1) is 32.4. The highest BCUT2D eigenvalue weighted by atomic mass is 35.5. The molecule has 2 amide bonds. The van der Waals surface area contributed by atoms with Crippen molar-refractivity contribution in [3.8, 4) is 0 Å². The van der Waals surface area contributed by atoms with Crippen LogP contribution >= 0.6 is 23.2 Å². The lowest BCUT2D eigenvalue weighted by molar-refractivity contribution is -0.141. The van der Waals surface area contributed by atoms with Crippen molar-refractivity contribution in [3.05, 3.63) is 99.0 Å². The van der Waals surface area contributed by atoms with E-state index in [-0.39, 0.29) is 37.7 Å². The van der Waals surface area contributed by atoms with Crippen molar-refractivity contribution < 1.29 is 18.0 Å². The molecular weight excluding hydrogens is 581 g/mol. The molecule has 3 rings (SSSR count). The Hall–Kier alpha value is -3.07. The third-order valence-corrected chi connectivity index (χ3v) is 8.54.